The lowest BCUT2D eigenvalue weighted by molar-refractivity contribution is 0.436. The summed E-state index contributed by atoms with van der Waals surface area (Å²) in [4.78, 5) is 4.49. The van der Waals surface area contributed by atoms with Crippen LogP contribution in [0.3, 0.4) is 0 Å². The number of aromatic nitrogens is 3. The zero-order valence-electron chi connectivity index (χ0n) is 12.7. The predicted molar refractivity (Wildman–Crippen MR) is 85.3 cm³/mol. The van der Waals surface area contributed by atoms with E-state index in [0.29, 0.717) is 5.92 Å². The van der Waals surface area contributed by atoms with E-state index in [2.05, 4.69) is 52.5 Å². The molecule has 0 aliphatic heterocycles. The van der Waals surface area contributed by atoms with E-state index in [-0.39, 0.29) is 0 Å². The fourth-order valence-electron chi connectivity index (χ4n) is 3.83. The van der Waals surface area contributed by atoms with Crippen LogP contribution >= 0.6 is 0 Å². The van der Waals surface area contributed by atoms with E-state index in [0.717, 1.165) is 6.42 Å². The van der Waals surface area contributed by atoms with Gasteiger partial charge >= 0.3 is 0 Å². The molecule has 1 aliphatic carbocycles. The van der Waals surface area contributed by atoms with E-state index in [9.17, 15) is 0 Å². The molecule has 0 amide bonds. The molecule has 0 spiro atoms. The van der Waals surface area contributed by atoms with E-state index in [1.54, 1.807) is 5.56 Å². The second-order valence-electron chi connectivity index (χ2n) is 6.27. The topological polar surface area (TPSA) is 22.8 Å². The van der Waals surface area contributed by atoms with Gasteiger partial charge in [0.2, 0.25) is 0 Å². The second-order valence-corrected chi connectivity index (χ2v) is 6.27. The van der Waals surface area contributed by atoms with Crippen molar-refractivity contribution in [1.82, 2.24) is 14.1 Å². The molecule has 21 heavy (non-hydrogen) atoms. The monoisotopic (exact) mass is 279 g/mol. The van der Waals surface area contributed by atoms with Crippen molar-refractivity contribution >= 4 is 10.9 Å². The van der Waals surface area contributed by atoms with Crippen LogP contribution in [0.1, 0.15) is 23.5 Å². The van der Waals surface area contributed by atoms with Crippen LogP contribution in [-0.4, -0.2) is 14.1 Å². The maximum absolute atomic E-state index is 4.49. The normalized spacial score (nSPS) is 18.1. The number of nitrogens with zero attached hydrogens (tertiary/aromatic N) is 3. The molecule has 3 nitrogen and oxygen atoms in total. The first-order chi connectivity index (χ1) is 10.2. The van der Waals surface area contributed by atoms with Crippen LogP contribution in [0.5, 0.6) is 0 Å². The van der Waals surface area contributed by atoms with Gasteiger partial charge in [-0.05, 0) is 36.8 Å². The van der Waals surface area contributed by atoms with Crippen molar-refractivity contribution in [3.05, 3.63) is 53.7 Å². The Morgan fingerprint density at radius 1 is 1.24 bits per heavy atom. The maximum Gasteiger partial charge on any atom is 0.108 e. The quantitative estimate of drug-likeness (QED) is 0.706. The number of rotatable bonds is 2. The van der Waals surface area contributed by atoms with Gasteiger partial charge in [0.15, 0.2) is 0 Å². The van der Waals surface area contributed by atoms with Gasteiger partial charge in [-0.2, -0.15) is 0 Å². The van der Waals surface area contributed by atoms with Gasteiger partial charge < -0.3 is 9.13 Å². The summed E-state index contributed by atoms with van der Waals surface area (Å²) >= 11 is 0. The molecule has 0 saturated carbocycles. The molecule has 0 fully saturated rings. The predicted octanol–water partition coefficient (Wildman–Crippen LogP) is 3.26. The number of fused-ring (bicyclic) bond motifs is 3. The van der Waals surface area contributed by atoms with E-state index < -0.39 is 0 Å². The van der Waals surface area contributed by atoms with Gasteiger partial charge in [-0.3, -0.25) is 0 Å². The van der Waals surface area contributed by atoms with Crippen LogP contribution in [0.4, 0.5) is 0 Å². The molecule has 0 radical (unpaired) electrons. The Balaban J connectivity index is 1.68. The van der Waals surface area contributed by atoms with Crippen molar-refractivity contribution in [2.24, 2.45) is 20.0 Å². The average molecular weight is 279 g/mol. The highest BCUT2D eigenvalue weighted by molar-refractivity contribution is 5.85. The molecule has 0 bridgehead atoms. The fraction of sp³-hybridized carbons (Fsp3) is 0.389. The molecule has 4 rings (SSSR count). The largest absolute Gasteiger partial charge is 0.347 e. The first kappa shape index (κ1) is 12.7. The van der Waals surface area contributed by atoms with Crippen LogP contribution in [0.25, 0.3) is 10.9 Å². The Morgan fingerprint density at radius 3 is 2.90 bits per heavy atom. The molecule has 108 valence electrons. The molecular formula is C18H21N3. The van der Waals surface area contributed by atoms with Crippen molar-refractivity contribution in [3.8, 4) is 0 Å². The molecule has 1 atom stereocenters. The number of para-hydroxylation sites is 1. The smallest absolute Gasteiger partial charge is 0.108 e. The minimum atomic E-state index is 0.712. The van der Waals surface area contributed by atoms with Crippen molar-refractivity contribution in [2.45, 2.75) is 25.7 Å². The Kier molecular flexibility index (Phi) is 2.88. The molecule has 1 aliphatic rings. The van der Waals surface area contributed by atoms with Gasteiger partial charge in [0.05, 0.1) is 0 Å². The number of hydrogen-bond donors (Lipinski definition) is 0. The van der Waals surface area contributed by atoms with Gasteiger partial charge in [-0.1, -0.05) is 18.2 Å². The van der Waals surface area contributed by atoms with Crippen LogP contribution < -0.4 is 0 Å². The number of benzene rings is 1. The first-order valence-corrected chi connectivity index (χ1v) is 7.75. The van der Waals surface area contributed by atoms with Crippen molar-refractivity contribution < 1.29 is 0 Å². The van der Waals surface area contributed by atoms with Gasteiger partial charge in [0.1, 0.15) is 5.82 Å². The van der Waals surface area contributed by atoms with E-state index in [4.69, 9.17) is 0 Å². The molecule has 3 heteroatoms. The minimum absolute atomic E-state index is 0.712. The maximum atomic E-state index is 4.49. The molecular weight excluding hydrogens is 258 g/mol. The summed E-state index contributed by atoms with van der Waals surface area (Å²) in [6, 6.07) is 8.81. The van der Waals surface area contributed by atoms with Gasteiger partial charge in [-0.15, -0.1) is 0 Å². The second kappa shape index (κ2) is 4.76. The van der Waals surface area contributed by atoms with E-state index in [1.165, 1.54) is 41.7 Å². The highest BCUT2D eigenvalue weighted by Gasteiger charge is 2.25. The third-order valence-electron chi connectivity index (χ3n) is 5.02. The molecule has 0 saturated heterocycles. The third kappa shape index (κ3) is 1.99. The Morgan fingerprint density at radius 2 is 2.10 bits per heavy atom. The van der Waals surface area contributed by atoms with E-state index in [1.807, 2.05) is 12.4 Å². The highest BCUT2D eigenvalue weighted by Crippen LogP contribution is 2.34. The lowest BCUT2D eigenvalue weighted by Crippen LogP contribution is -2.18. The standard InChI is InChI=1S/C18H21N3/c1-20-10-9-19-18(20)12-13-7-8-17-15(11-13)14-5-3-4-6-16(14)21(17)2/h3-6,9-10,13H,7-8,11-12H2,1-2H3. The zero-order valence-corrected chi connectivity index (χ0v) is 12.7. The Hall–Kier alpha value is -2.03. The number of hydrogen-bond acceptors (Lipinski definition) is 1. The summed E-state index contributed by atoms with van der Waals surface area (Å²) < 4.78 is 4.54. The Bertz CT molecular complexity index is 794. The van der Waals surface area contributed by atoms with Crippen LogP contribution in [0.15, 0.2) is 36.7 Å². The van der Waals surface area contributed by atoms with Crippen molar-refractivity contribution in [2.75, 3.05) is 0 Å². The average Bonchev–Trinajstić information content (AvgIpc) is 3.03. The number of imidazole rings is 1. The minimum Gasteiger partial charge on any atom is -0.347 e. The Labute approximate surface area is 125 Å². The zero-order chi connectivity index (χ0) is 14.4. The molecule has 1 unspecified atom stereocenters. The summed E-state index contributed by atoms with van der Waals surface area (Å²) in [5.41, 5.74) is 4.48. The van der Waals surface area contributed by atoms with Crippen LogP contribution in [0.2, 0.25) is 0 Å². The van der Waals surface area contributed by atoms with Crippen molar-refractivity contribution in [1.29, 1.82) is 0 Å². The summed E-state index contributed by atoms with van der Waals surface area (Å²) in [6.45, 7) is 0. The lowest BCUT2D eigenvalue weighted by Gasteiger charge is -2.23. The number of aryl methyl sites for hydroxylation is 2. The lowest BCUT2D eigenvalue weighted by atomic mass is 9.84. The molecule has 3 aromatic rings. The molecule has 2 aromatic heterocycles. The third-order valence-corrected chi connectivity index (χ3v) is 5.02. The fourth-order valence-corrected chi connectivity index (χ4v) is 3.83. The highest BCUT2D eigenvalue weighted by atomic mass is 15.0. The molecule has 2 heterocycles. The summed E-state index contributed by atoms with van der Waals surface area (Å²) in [7, 11) is 4.30. The molecule has 1 aromatic carbocycles. The molecule has 0 N–H and O–H groups in total. The van der Waals surface area contributed by atoms with Crippen molar-refractivity contribution in [3.63, 3.8) is 0 Å². The summed E-state index contributed by atoms with van der Waals surface area (Å²) in [5.74, 6) is 1.92. The van der Waals surface area contributed by atoms with Crippen LogP contribution in [-0.2, 0) is 33.4 Å². The summed E-state index contributed by atoms with van der Waals surface area (Å²) in [5, 5.41) is 1.44. The van der Waals surface area contributed by atoms with Gasteiger partial charge in [0, 0.05) is 49.5 Å². The van der Waals surface area contributed by atoms with Crippen LogP contribution in [0, 0.1) is 5.92 Å². The van der Waals surface area contributed by atoms with E-state index >= 15 is 0 Å². The van der Waals surface area contributed by atoms with Gasteiger partial charge in [0.25, 0.3) is 0 Å². The van der Waals surface area contributed by atoms with Gasteiger partial charge in [-0.25, -0.2) is 4.98 Å². The first-order valence-electron chi connectivity index (χ1n) is 7.75. The SMILES string of the molecule is Cn1ccnc1CC1CCc2c(c3ccccc3n2C)C1. The summed E-state index contributed by atoms with van der Waals surface area (Å²) in [6.07, 6.45) is 8.68.